The molecule has 0 spiro atoms. The van der Waals surface area contributed by atoms with E-state index in [0.717, 1.165) is 25.9 Å². The fourth-order valence-corrected chi connectivity index (χ4v) is 4.09. The van der Waals surface area contributed by atoms with E-state index in [1.807, 2.05) is 6.07 Å². The van der Waals surface area contributed by atoms with E-state index >= 15 is 0 Å². The summed E-state index contributed by atoms with van der Waals surface area (Å²) < 4.78 is 23.4. The van der Waals surface area contributed by atoms with E-state index < -0.39 is 7.80 Å². The van der Waals surface area contributed by atoms with E-state index in [9.17, 15) is 9.36 Å². The predicted octanol–water partition coefficient (Wildman–Crippen LogP) is 4.78. The molecule has 0 radical (unpaired) electrons. The Labute approximate surface area is 146 Å². The molecule has 1 aromatic rings. The molecule has 1 aromatic carbocycles. The van der Waals surface area contributed by atoms with Crippen LogP contribution in [0.2, 0.25) is 0 Å². The van der Waals surface area contributed by atoms with Crippen LogP contribution in [-0.4, -0.2) is 37.6 Å². The van der Waals surface area contributed by atoms with Gasteiger partial charge in [0.1, 0.15) is 6.61 Å². The highest BCUT2D eigenvalue weighted by molar-refractivity contribution is 7.45. The third-order valence-corrected chi connectivity index (χ3v) is 5.97. The van der Waals surface area contributed by atoms with Gasteiger partial charge in [-0.05, 0) is 25.0 Å². The molecule has 0 bridgehead atoms. The number of hydrogen-bond donors (Lipinski definition) is 0. The maximum Gasteiger partial charge on any atom is 0.338 e. The minimum atomic E-state index is -1.81. The van der Waals surface area contributed by atoms with E-state index in [0.29, 0.717) is 18.3 Å². The molecule has 2 unspecified atom stereocenters. The van der Waals surface area contributed by atoms with Crippen molar-refractivity contribution in [2.75, 3.05) is 26.0 Å². The molecule has 4 nitrogen and oxygen atoms in total. The van der Waals surface area contributed by atoms with Crippen LogP contribution in [0.3, 0.4) is 0 Å². The van der Waals surface area contributed by atoms with E-state index in [1.54, 1.807) is 24.3 Å². The minimum Gasteiger partial charge on any atom is -0.461 e. The molecule has 24 heavy (non-hydrogen) atoms. The van der Waals surface area contributed by atoms with Crippen LogP contribution in [0.5, 0.6) is 0 Å². The summed E-state index contributed by atoms with van der Waals surface area (Å²) in [5.74, 6) is -0.345. The van der Waals surface area contributed by atoms with E-state index in [-0.39, 0.29) is 18.2 Å². The second-order valence-electron chi connectivity index (χ2n) is 5.99. The van der Waals surface area contributed by atoms with Crippen LogP contribution in [0.25, 0.3) is 0 Å². The Balaban J connectivity index is 2.34. The number of carbonyl (C=O) groups excluding carboxylic acids is 1. The Kier molecular flexibility index (Phi) is 11.5. The van der Waals surface area contributed by atoms with Crippen molar-refractivity contribution in [2.24, 2.45) is 0 Å². The largest absolute Gasteiger partial charge is 0.461 e. The van der Waals surface area contributed by atoms with Gasteiger partial charge < -0.3 is 14.0 Å². The van der Waals surface area contributed by atoms with Crippen molar-refractivity contribution >= 4 is 13.8 Å². The highest BCUT2D eigenvalue weighted by Gasteiger charge is 2.18. The van der Waals surface area contributed by atoms with Gasteiger partial charge in [-0.3, -0.25) is 0 Å². The molecule has 0 N–H and O–H groups in total. The maximum atomic E-state index is 12.5. The lowest BCUT2D eigenvalue weighted by Crippen LogP contribution is -2.17. The number of ether oxygens (including phenoxy) is 2. The Morgan fingerprint density at radius 2 is 1.83 bits per heavy atom. The van der Waals surface area contributed by atoms with Crippen LogP contribution in [0.1, 0.15) is 56.3 Å². The van der Waals surface area contributed by atoms with E-state index in [2.05, 4.69) is 13.8 Å². The second kappa shape index (κ2) is 13.2. The SMILES string of the molecule is CCCCCOCC[PH](=O)C(CCC)COC(=O)c1ccccc1. The molecular weight excluding hydrogens is 323 g/mol. The van der Waals surface area contributed by atoms with Crippen molar-refractivity contribution in [2.45, 2.75) is 51.6 Å². The lowest BCUT2D eigenvalue weighted by atomic mass is 10.2. The molecule has 0 aliphatic carbocycles. The fraction of sp³-hybridized carbons (Fsp3) is 0.632. The predicted molar refractivity (Wildman–Crippen MR) is 99.6 cm³/mol. The summed E-state index contributed by atoms with van der Waals surface area (Å²) in [6, 6.07) is 8.92. The number of benzene rings is 1. The lowest BCUT2D eigenvalue weighted by Gasteiger charge is -2.16. The quantitative estimate of drug-likeness (QED) is 0.291. The molecule has 0 fully saturated rings. The Morgan fingerprint density at radius 3 is 2.50 bits per heavy atom. The van der Waals surface area contributed by atoms with Gasteiger partial charge in [0.15, 0.2) is 0 Å². The molecule has 0 saturated heterocycles. The van der Waals surface area contributed by atoms with Crippen LogP contribution >= 0.6 is 7.80 Å². The van der Waals surface area contributed by atoms with Gasteiger partial charge in [-0.25, -0.2) is 4.79 Å². The van der Waals surface area contributed by atoms with Gasteiger partial charge in [-0.15, -0.1) is 0 Å². The van der Waals surface area contributed by atoms with E-state index in [1.165, 1.54) is 12.8 Å². The maximum absolute atomic E-state index is 12.5. The average Bonchev–Trinajstić information content (AvgIpc) is 2.61. The normalized spacial score (nSPS) is 13.4. The van der Waals surface area contributed by atoms with Crippen LogP contribution < -0.4 is 0 Å². The zero-order valence-corrected chi connectivity index (χ0v) is 16.0. The number of carbonyl (C=O) groups is 1. The number of unbranched alkanes of at least 4 members (excludes halogenated alkanes) is 2. The first-order valence-electron chi connectivity index (χ1n) is 9.01. The molecular formula is C19H31O4P. The fourth-order valence-electron chi connectivity index (χ4n) is 2.45. The highest BCUT2D eigenvalue weighted by atomic mass is 31.1. The van der Waals surface area contributed by atoms with Gasteiger partial charge in [-0.1, -0.05) is 51.3 Å². The van der Waals surface area contributed by atoms with Crippen LogP contribution in [0.15, 0.2) is 30.3 Å². The monoisotopic (exact) mass is 354 g/mol. The van der Waals surface area contributed by atoms with Crippen LogP contribution in [0.4, 0.5) is 0 Å². The van der Waals surface area contributed by atoms with Crippen molar-refractivity contribution < 1.29 is 18.8 Å². The Morgan fingerprint density at radius 1 is 1.08 bits per heavy atom. The summed E-state index contributed by atoms with van der Waals surface area (Å²) in [4.78, 5) is 12.0. The summed E-state index contributed by atoms with van der Waals surface area (Å²) in [5.41, 5.74) is 0.485. The van der Waals surface area contributed by atoms with Crippen molar-refractivity contribution in [3.8, 4) is 0 Å². The Bertz CT molecular complexity index is 476. The molecule has 0 heterocycles. The highest BCUT2D eigenvalue weighted by Crippen LogP contribution is 2.31. The first kappa shape index (κ1) is 20.9. The third-order valence-electron chi connectivity index (χ3n) is 3.90. The Hall–Kier alpha value is -1.12. The average molecular weight is 354 g/mol. The third kappa shape index (κ3) is 8.65. The molecule has 5 heteroatoms. The van der Waals surface area contributed by atoms with Crippen molar-refractivity contribution in [3.63, 3.8) is 0 Å². The van der Waals surface area contributed by atoms with Gasteiger partial charge in [0.2, 0.25) is 0 Å². The van der Waals surface area contributed by atoms with Gasteiger partial charge in [0.25, 0.3) is 0 Å². The van der Waals surface area contributed by atoms with E-state index in [4.69, 9.17) is 9.47 Å². The summed E-state index contributed by atoms with van der Waals surface area (Å²) in [6.07, 6.45) is 5.72. The van der Waals surface area contributed by atoms with Crippen molar-refractivity contribution in [3.05, 3.63) is 35.9 Å². The topological polar surface area (TPSA) is 52.6 Å². The summed E-state index contributed by atoms with van der Waals surface area (Å²) >= 11 is 0. The molecule has 0 amide bonds. The van der Waals surface area contributed by atoms with Gasteiger partial charge >= 0.3 is 5.97 Å². The number of hydrogen-bond acceptors (Lipinski definition) is 4. The molecule has 2 atom stereocenters. The van der Waals surface area contributed by atoms with Gasteiger partial charge in [-0.2, -0.15) is 0 Å². The number of rotatable bonds is 13. The molecule has 0 aliphatic rings. The van der Waals surface area contributed by atoms with Gasteiger partial charge in [0, 0.05) is 18.4 Å². The zero-order chi connectivity index (χ0) is 17.6. The number of esters is 1. The smallest absolute Gasteiger partial charge is 0.338 e. The van der Waals surface area contributed by atoms with Crippen molar-refractivity contribution in [1.29, 1.82) is 0 Å². The molecule has 1 rings (SSSR count). The summed E-state index contributed by atoms with van der Waals surface area (Å²) in [7, 11) is -1.81. The van der Waals surface area contributed by atoms with Crippen LogP contribution in [-0.2, 0) is 14.0 Å². The minimum absolute atomic E-state index is 0.0492. The molecule has 136 valence electrons. The summed E-state index contributed by atoms with van der Waals surface area (Å²) in [6.45, 7) is 5.72. The lowest BCUT2D eigenvalue weighted by molar-refractivity contribution is 0.0501. The standard InChI is InChI=1S/C19H31O4P/c1-3-5-9-13-22-14-15-24(21)18(10-4-2)16-23-19(20)17-11-7-6-8-12-17/h6-8,11-12,18,24H,3-5,9-10,13-16H2,1-2H3. The molecule has 0 aliphatic heterocycles. The first-order valence-corrected chi connectivity index (χ1v) is 10.7. The molecule has 0 aromatic heterocycles. The van der Waals surface area contributed by atoms with Crippen LogP contribution in [0, 0.1) is 0 Å². The molecule has 0 saturated carbocycles. The van der Waals surface area contributed by atoms with Crippen molar-refractivity contribution in [1.82, 2.24) is 0 Å². The summed E-state index contributed by atoms with van der Waals surface area (Å²) in [5, 5.41) is 0. The van der Waals surface area contributed by atoms with Gasteiger partial charge in [0.05, 0.1) is 20.0 Å². The zero-order valence-electron chi connectivity index (χ0n) is 15.0. The first-order chi connectivity index (χ1) is 11.7. The second-order valence-corrected chi connectivity index (χ2v) is 8.24.